The predicted molar refractivity (Wildman–Crippen MR) is 122 cm³/mol. The van der Waals surface area contributed by atoms with Gasteiger partial charge in [0.2, 0.25) is 5.82 Å². The number of halogens is 3. The molecule has 11 heteroatoms. The van der Waals surface area contributed by atoms with Gasteiger partial charge in [0, 0.05) is 10.7 Å². The third kappa shape index (κ3) is 6.14. The average Bonchev–Trinajstić information content (AvgIpc) is 2.77. The van der Waals surface area contributed by atoms with Crippen LogP contribution in [0.5, 0.6) is 17.2 Å². The molecule has 7 nitrogen and oxygen atoms in total. The molecule has 0 aliphatic rings. The van der Waals surface area contributed by atoms with Crippen LogP contribution in [0.25, 0.3) is 0 Å². The summed E-state index contributed by atoms with van der Waals surface area (Å²) < 4.78 is 47.8. The van der Waals surface area contributed by atoms with E-state index in [2.05, 4.69) is 5.32 Å². The molecule has 0 aromatic heterocycles. The number of hydrogen-bond acceptors (Lipinski definition) is 6. The van der Waals surface area contributed by atoms with Crippen LogP contribution in [0.15, 0.2) is 53.4 Å². The number of carbonyl (C=O) groups is 1. The van der Waals surface area contributed by atoms with Gasteiger partial charge in [0.05, 0.1) is 21.6 Å². The molecule has 1 N–H and O–H groups in total. The zero-order valence-electron chi connectivity index (χ0n) is 16.9. The van der Waals surface area contributed by atoms with Crippen LogP contribution in [0.4, 0.5) is 10.1 Å². The fraction of sp³-hybridized carbons (Fsp3) is 0.0909. The molecule has 0 radical (unpaired) electrons. The zero-order chi connectivity index (χ0) is 24.1. The van der Waals surface area contributed by atoms with Crippen molar-refractivity contribution in [2.24, 2.45) is 0 Å². The Balaban J connectivity index is 1.73. The Hall–Kier alpha value is -3.32. The Morgan fingerprint density at radius 3 is 2.58 bits per heavy atom. The molecule has 0 aliphatic heterocycles. The summed E-state index contributed by atoms with van der Waals surface area (Å²) in [4.78, 5) is 12.4. The lowest BCUT2D eigenvalue weighted by Crippen LogP contribution is -2.21. The smallest absolute Gasteiger partial charge is 0.262 e. The number of benzene rings is 3. The van der Waals surface area contributed by atoms with Gasteiger partial charge in [-0.1, -0.05) is 23.2 Å². The minimum Gasteiger partial charge on any atom is -0.481 e. The lowest BCUT2D eigenvalue weighted by molar-refractivity contribution is -0.118. The first-order valence-electron chi connectivity index (χ1n) is 9.22. The molecule has 0 saturated heterocycles. The van der Waals surface area contributed by atoms with E-state index in [0.29, 0.717) is 11.3 Å². The first kappa shape index (κ1) is 24.3. The average molecular weight is 509 g/mol. The molecule has 170 valence electrons. The lowest BCUT2D eigenvalue weighted by Gasteiger charge is -2.14. The summed E-state index contributed by atoms with van der Waals surface area (Å²) in [7, 11) is -2.74. The van der Waals surface area contributed by atoms with Crippen molar-refractivity contribution in [3.05, 3.63) is 75.5 Å². The van der Waals surface area contributed by atoms with E-state index in [4.69, 9.17) is 37.9 Å². The minimum absolute atomic E-state index is 0.0600. The van der Waals surface area contributed by atoms with E-state index in [9.17, 15) is 17.6 Å². The third-order valence-corrected chi connectivity index (χ3v) is 5.50. The molecule has 0 fully saturated rings. The topological polar surface area (TPSA) is 105 Å². The Kier molecular flexibility index (Phi) is 7.76. The van der Waals surface area contributed by atoms with E-state index in [1.807, 2.05) is 6.07 Å². The number of hydrogen-bond donors (Lipinski definition) is 2. The molecule has 0 aliphatic carbocycles. The van der Waals surface area contributed by atoms with E-state index in [1.54, 1.807) is 6.92 Å². The number of aryl methyl sites for hydroxylation is 1. The first-order chi connectivity index (χ1) is 15.7. The molecule has 3 aromatic rings. The van der Waals surface area contributed by atoms with Gasteiger partial charge in [-0.25, -0.2) is 8.42 Å². The molecule has 3 aromatic carbocycles. The van der Waals surface area contributed by atoms with Crippen LogP contribution in [0.3, 0.4) is 0 Å². The molecule has 3 rings (SSSR count). The van der Waals surface area contributed by atoms with Gasteiger partial charge in [0.15, 0.2) is 28.8 Å². The van der Waals surface area contributed by atoms with Crippen LogP contribution in [-0.4, -0.2) is 20.9 Å². The summed E-state index contributed by atoms with van der Waals surface area (Å²) in [6, 6.07) is 12.9. The number of ether oxygens (including phenoxy) is 2. The fourth-order valence-electron chi connectivity index (χ4n) is 2.75. The van der Waals surface area contributed by atoms with Crippen LogP contribution >= 0.6 is 23.2 Å². The van der Waals surface area contributed by atoms with Gasteiger partial charge in [-0.3, -0.25) is 4.79 Å². The van der Waals surface area contributed by atoms with Crippen LogP contribution in [0.2, 0.25) is 10.0 Å². The second-order valence-corrected chi connectivity index (χ2v) is 8.55. The number of carbonyl (C=O) groups excluding carboxylic acids is 1. The molecule has 0 heterocycles. The fourth-order valence-corrected chi connectivity index (χ4v) is 3.66. The number of nitriles is 1. The summed E-state index contributed by atoms with van der Waals surface area (Å²) >= 11 is 12.0. The SMILES string of the molecule is Cc1cc([SH](=O)=O)ccc1NC(=O)COc1ccc(Cl)c(Oc2cc(Cl)cc(C#N)c2)c1F. The van der Waals surface area contributed by atoms with Gasteiger partial charge < -0.3 is 14.8 Å². The van der Waals surface area contributed by atoms with Crippen molar-refractivity contribution in [3.8, 4) is 23.3 Å². The number of nitrogens with zero attached hydrogens (tertiary/aromatic N) is 1. The second kappa shape index (κ2) is 10.5. The van der Waals surface area contributed by atoms with Crippen molar-refractivity contribution in [2.75, 3.05) is 11.9 Å². The molecule has 0 atom stereocenters. The van der Waals surface area contributed by atoms with Gasteiger partial charge >= 0.3 is 0 Å². The number of anilines is 1. The molecular weight excluding hydrogens is 494 g/mol. The Morgan fingerprint density at radius 2 is 1.91 bits per heavy atom. The molecule has 0 saturated carbocycles. The van der Waals surface area contributed by atoms with E-state index in [-0.39, 0.29) is 37.8 Å². The summed E-state index contributed by atoms with van der Waals surface area (Å²) in [5, 5.41) is 11.8. The van der Waals surface area contributed by atoms with Crippen LogP contribution in [-0.2, 0) is 15.5 Å². The zero-order valence-corrected chi connectivity index (χ0v) is 19.3. The summed E-state index contributed by atoms with van der Waals surface area (Å²) in [5.41, 5.74) is 1.13. The van der Waals surface area contributed by atoms with Crippen molar-refractivity contribution in [1.82, 2.24) is 0 Å². The van der Waals surface area contributed by atoms with Crippen molar-refractivity contribution >= 4 is 45.5 Å². The number of thiol groups is 1. The van der Waals surface area contributed by atoms with Gasteiger partial charge in [0.1, 0.15) is 5.75 Å². The molecular formula is C22H15Cl2FN2O5S. The largest absolute Gasteiger partial charge is 0.481 e. The highest BCUT2D eigenvalue weighted by molar-refractivity contribution is 7.72. The maximum absolute atomic E-state index is 14.9. The van der Waals surface area contributed by atoms with E-state index < -0.39 is 29.0 Å². The molecule has 0 bridgehead atoms. The first-order valence-corrected chi connectivity index (χ1v) is 11.2. The quantitative estimate of drug-likeness (QED) is 0.430. The number of nitrogens with one attached hydrogen (secondary N) is 1. The molecule has 1 amide bonds. The van der Waals surface area contributed by atoms with Gasteiger partial charge in [-0.05, 0) is 61.0 Å². The standard InChI is InChI=1S/C22H15Cl2FN2O5S/c1-12-6-16(33(29)30)2-4-18(12)27-20(28)11-31-19-5-3-17(24)22(21(19)25)32-15-8-13(10-26)7-14(23)9-15/h2-9,33H,11H2,1H3,(H,27,28). The highest BCUT2D eigenvalue weighted by atomic mass is 35.5. The highest BCUT2D eigenvalue weighted by Gasteiger charge is 2.18. The summed E-state index contributed by atoms with van der Waals surface area (Å²) in [6.45, 7) is 1.10. The Morgan fingerprint density at radius 1 is 1.15 bits per heavy atom. The summed E-state index contributed by atoms with van der Waals surface area (Å²) in [5.74, 6) is -2.11. The molecule has 0 spiro atoms. The Labute approximate surface area is 200 Å². The van der Waals surface area contributed by atoms with Gasteiger partial charge in [-0.15, -0.1) is 0 Å². The minimum atomic E-state index is -2.74. The molecule has 0 unspecified atom stereocenters. The van der Waals surface area contributed by atoms with Gasteiger partial charge in [0.25, 0.3) is 5.91 Å². The van der Waals surface area contributed by atoms with E-state index in [0.717, 1.165) is 0 Å². The predicted octanol–water partition coefficient (Wildman–Crippen LogP) is 5.09. The lowest BCUT2D eigenvalue weighted by atomic mass is 10.2. The van der Waals surface area contributed by atoms with E-state index in [1.165, 1.54) is 48.5 Å². The monoisotopic (exact) mass is 508 g/mol. The summed E-state index contributed by atoms with van der Waals surface area (Å²) in [6.07, 6.45) is 0. The third-order valence-electron chi connectivity index (χ3n) is 4.29. The van der Waals surface area contributed by atoms with Crippen molar-refractivity contribution in [3.63, 3.8) is 0 Å². The maximum atomic E-state index is 14.9. The number of rotatable bonds is 7. The van der Waals surface area contributed by atoms with Crippen molar-refractivity contribution in [2.45, 2.75) is 11.8 Å². The Bertz CT molecular complexity index is 1350. The normalized spacial score (nSPS) is 10.5. The van der Waals surface area contributed by atoms with Gasteiger partial charge in [-0.2, -0.15) is 9.65 Å². The maximum Gasteiger partial charge on any atom is 0.262 e. The highest BCUT2D eigenvalue weighted by Crippen LogP contribution is 2.37. The van der Waals surface area contributed by atoms with Crippen LogP contribution in [0, 0.1) is 24.1 Å². The van der Waals surface area contributed by atoms with Crippen molar-refractivity contribution in [1.29, 1.82) is 5.26 Å². The van der Waals surface area contributed by atoms with Crippen LogP contribution in [0.1, 0.15) is 11.1 Å². The number of amides is 1. The van der Waals surface area contributed by atoms with E-state index >= 15 is 0 Å². The second-order valence-electron chi connectivity index (χ2n) is 6.67. The van der Waals surface area contributed by atoms with Crippen LogP contribution < -0.4 is 14.8 Å². The molecule has 33 heavy (non-hydrogen) atoms. The van der Waals surface area contributed by atoms with Crippen molar-refractivity contribution < 1.29 is 27.1 Å².